The molecule has 0 spiro atoms. The predicted octanol–water partition coefficient (Wildman–Crippen LogP) is 2.43. The number of benzene rings is 1. The van der Waals surface area contributed by atoms with Crippen LogP contribution in [0.2, 0.25) is 0 Å². The van der Waals surface area contributed by atoms with Crippen LogP contribution in [-0.4, -0.2) is 43.6 Å². The maximum absolute atomic E-state index is 11.2. The van der Waals surface area contributed by atoms with E-state index >= 15 is 0 Å². The van der Waals surface area contributed by atoms with E-state index < -0.39 is 0 Å². The van der Waals surface area contributed by atoms with Crippen molar-refractivity contribution in [3.63, 3.8) is 0 Å². The fourth-order valence-corrected chi connectivity index (χ4v) is 2.75. The molecule has 1 saturated heterocycles. The van der Waals surface area contributed by atoms with Gasteiger partial charge in [0.1, 0.15) is 11.9 Å². The van der Waals surface area contributed by atoms with Gasteiger partial charge >= 0.3 is 0 Å². The van der Waals surface area contributed by atoms with Gasteiger partial charge < -0.3 is 15.0 Å². The Morgan fingerprint density at radius 2 is 2.20 bits per heavy atom. The Morgan fingerprint density at radius 3 is 2.85 bits per heavy atom. The van der Waals surface area contributed by atoms with Crippen LogP contribution in [0, 0.1) is 0 Å². The highest BCUT2D eigenvalue weighted by atomic mass is 79.9. The molecule has 0 atom stereocenters. The fourth-order valence-electron chi connectivity index (χ4n) is 2.37. The van der Waals surface area contributed by atoms with Gasteiger partial charge in [0.25, 0.3) is 0 Å². The summed E-state index contributed by atoms with van der Waals surface area (Å²) < 4.78 is 7.04. The van der Waals surface area contributed by atoms with Gasteiger partial charge in [0.2, 0.25) is 5.91 Å². The van der Waals surface area contributed by atoms with Crippen molar-refractivity contribution in [2.75, 3.05) is 26.7 Å². The number of nitrogens with one attached hydrogen (secondary N) is 1. The lowest BCUT2D eigenvalue weighted by molar-refractivity contribution is -0.121. The van der Waals surface area contributed by atoms with Crippen LogP contribution in [0.4, 0.5) is 0 Å². The summed E-state index contributed by atoms with van der Waals surface area (Å²) >= 11 is 3.45. The summed E-state index contributed by atoms with van der Waals surface area (Å²) in [5.74, 6) is 1.03. The molecule has 0 radical (unpaired) electrons. The van der Waals surface area contributed by atoms with Crippen molar-refractivity contribution in [3.05, 3.63) is 28.7 Å². The van der Waals surface area contributed by atoms with E-state index in [0.717, 1.165) is 42.7 Å². The normalized spacial score (nSPS) is 16.9. The van der Waals surface area contributed by atoms with Crippen LogP contribution >= 0.6 is 15.9 Å². The van der Waals surface area contributed by atoms with Crippen molar-refractivity contribution in [3.8, 4) is 5.75 Å². The third kappa shape index (κ3) is 4.80. The smallest absolute Gasteiger partial charge is 0.221 e. The molecular weight excluding hydrogens is 320 g/mol. The Labute approximate surface area is 128 Å². The van der Waals surface area contributed by atoms with Gasteiger partial charge in [0.05, 0.1) is 0 Å². The molecule has 1 heterocycles. The second-order valence-corrected chi connectivity index (χ2v) is 5.96. The quantitative estimate of drug-likeness (QED) is 0.894. The molecule has 0 saturated carbocycles. The molecule has 1 aliphatic rings. The van der Waals surface area contributed by atoms with Gasteiger partial charge in [-0.25, -0.2) is 0 Å². The molecule has 0 bridgehead atoms. The van der Waals surface area contributed by atoms with Gasteiger partial charge in [-0.15, -0.1) is 0 Å². The summed E-state index contributed by atoms with van der Waals surface area (Å²) in [7, 11) is 1.68. The summed E-state index contributed by atoms with van der Waals surface area (Å²) in [6.07, 6.45) is 2.88. The number of carbonyl (C=O) groups excluding carboxylic acids is 1. The lowest BCUT2D eigenvalue weighted by Crippen LogP contribution is -2.39. The van der Waals surface area contributed by atoms with E-state index in [1.165, 1.54) is 0 Å². The number of nitrogens with zero attached hydrogens (tertiary/aromatic N) is 1. The number of ether oxygens (including phenoxy) is 1. The monoisotopic (exact) mass is 340 g/mol. The van der Waals surface area contributed by atoms with Crippen molar-refractivity contribution >= 4 is 21.8 Å². The number of hydrogen-bond acceptors (Lipinski definition) is 3. The number of amides is 1. The van der Waals surface area contributed by atoms with Gasteiger partial charge in [0, 0.05) is 37.6 Å². The molecule has 5 heteroatoms. The summed E-state index contributed by atoms with van der Waals surface area (Å²) in [5.41, 5.74) is 0. The number of hydrogen-bond donors (Lipinski definition) is 1. The van der Waals surface area contributed by atoms with Crippen LogP contribution in [-0.2, 0) is 4.79 Å². The Bertz CT molecular complexity index is 445. The predicted molar refractivity (Wildman–Crippen MR) is 82.9 cm³/mol. The molecule has 1 fully saturated rings. The standard InChI is InChI=1S/C15H21BrN2O2/c1-17-15(19)7-10-18-8-5-13(6-9-18)20-14-4-2-3-12(16)11-14/h2-4,11,13H,5-10H2,1H3,(H,17,19). The Balaban J connectivity index is 1.73. The maximum Gasteiger partial charge on any atom is 0.221 e. The van der Waals surface area contributed by atoms with Crippen molar-refractivity contribution in [2.24, 2.45) is 0 Å². The molecule has 1 aromatic carbocycles. The molecule has 0 aliphatic carbocycles. The van der Waals surface area contributed by atoms with Gasteiger partial charge in [-0.3, -0.25) is 4.79 Å². The summed E-state index contributed by atoms with van der Waals surface area (Å²) in [5, 5.41) is 2.66. The number of rotatable bonds is 5. The molecular formula is C15H21BrN2O2. The zero-order chi connectivity index (χ0) is 14.4. The molecule has 0 aromatic heterocycles. The van der Waals surface area contributed by atoms with E-state index in [-0.39, 0.29) is 12.0 Å². The minimum absolute atomic E-state index is 0.109. The SMILES string of the molecule is CNC(=O)CCN1CCC(Oc2cccc(Br)c2)CC1. The molecule has 1 N–H and O–H groups in total. The highest BCUT2D eigenvalue weighted by Crippen LogP contribution is 2.22. The van der Waals surface area contributed by atoms with Crippen molar-refractivity contribution in [2.45, 2.75) is 25.4 Å². The number of likely N-dealkylation sites (tertiary alicyclic amines) is 1. The summed E-state index contributed by atoms with van der Waals surface area (Å²) in [6, 6.07) is 7.97. The highest BCUT2D eigenvalue weighted by Gasteiger charge is 2.20. The Kier molecular flexibility index (Phi) is 5.86. The zero-order valence-corrected chi connectivity index (χ0v) is 13.4. The van der Waals surface area contributed by atoms with Gasteiger partial charge in [-0.2, -0.15) is 0 Å². The van der Waals surface area contributed by atoms with Crippen LogP contribution < -0.4 is 10.1 Å². The van der Waals surface area contributed by atoms with Crippen LogP contribution in [0.3, 0.4) is 0 Å². The first-order valence-electron chi connectivity index (χ1n) is 7.02. The molecule has 4 nitrogen and oxygen atoms in total. The van der Waals surface area contributed by atoms with E-state index in [1.807, 2.05) is 24.3 Å². The van der Waals surface area contributed by atoms with Gasteiger partial charge in [-0.1, -0.05) is 22.0 Å². The van der Waals surface area contributed by atoms with Crippen molar-refractivity contribution in [1.29, 1.82) is 0 Å². The molecule has 1 aromatic rings. The average Bonchev–Trinajstić information content (AvgIpc) is 2.46. The lowest BCUT2D eigenvalue weighted by atomic mass is 10.1. The van der Waals surface area contributed by atoms with E-state index in [4.69, 9.17) is 4.74 Å². The molecule has 0 unspecified atom stereocenters. The van der Waals surface area contributed by atoms with Gasteiger partial charge in [0.15, 0.2) is 0 Å². The summed E-state index contributed by atoms with van der Waals surface area (Å²) in [6.45, 7) is 2.83. The molecule has 20 heavy (non-hydrogen) atoms. The maximum atomic E-state index is 11.2. The number of carbonyl (C=O) groups is 1. The van der Waals surface area contributed by atoms with Crippen LogP contribution in [0.5, 0.6) is 5.75 Å². The Hall–Kier alpha value is -1.07. The van der Waals surface area contributed by atoms with E-state index in [0.29, 0.717) is 6.42 Å². The van der Waals surface area contributed by atoms with Crippen LogP contribution in [0.15, 0.2) is 28.7 Å². The summed E-state index contributed by atoms with van der Waals surface area (Å²) in [4.78, 5) is 13.6. The fraction of sp³-hybridized carbons (Fsp3) is 0.533. The zero-order valence-electron chi connectivity index (χ0n) is 11.8. The minimum Gasteiger partial charge on any atom is -0.490 e. The highest BCUT2D eigenvalue weighted by molar-refractivity contribution is 9.10. The number of halogens is 1. The van der Waals surface area contributed by atoms with Crippen LogP contribution in [0.1, 0.15) is 19.3 Å². The third-order valence-electron chi connectivity index (χ3n) is 3.57. The first kappa shape index (κ1) is 15.3. The largest absolute Gasteiger partial charge is 0.490 e. The minimum atomic E-state index is 0.109. The molecule has 110 valence electrons. The van der Waals surface area contributed by atoms with E-state index in [9.17, 15) is 4.79 Å². The first-order chi connectivity index (χ1) is 9.67. The third-order valence-corrected chi connectivity index (χ3v) is 4.06. The molecule has 1 aliphatic heterocycles. The Morgan fingerprint density at radius 1 is 1.45 bits per heavy atom. The first-order valence-corrected chi connectivity index (χ1v) is 7.82. The van der Waals surface area contributed by atoms with Crippen molar-refractivity contribution in [1.82, 2.24) is 10.2 Å². The number of piperidine rings is 1. The van der Waals surface area contributed by atoms with Crippen LogP contribution in [0.25, 0.3) is 0 Å². The van der Waals surface area contributed by atoms with Gasteiger partial charge in [-0.05, 0) is 31.0 Å². The second kappa shape index (κ2) is 7.64. The second-order valence-electron chi connectivity index (χ2n) is 5.04. The average molecular weight is 341 g/mol. The van der Waals surface area contributed by atoms with E-state index in [2.05, 4.69) is 26.1 Å². The topological polar surface area (TPSA) is 41.6 Å². The molecule has 2 rings (SSSR count). The molecule has 1 amide bonds. The van der Waals surface area contributed by atoms with Crippen molar-refractivity contribution < 1.29 is 9.53 Å². The lowest BCUT2D eigenvalue weighted by Gasteiger charge is -2.32. The van der Waals surface area contributed by atoms with E-state index in [1.54, 1.807) is 7.05 Å².